The molecule has 0 saturated heterocycles. The van der Waals surface area contributed by atoms with Crippen molar-refractivity contribution in [2.75, 3.05) is 14.1 Å². The molecule has 1 nitrogen and oxygen atoms in total. The molecule has 2 saturated carbocycles. The van der Waals surface area contributed by atoms with Gasteiger partial charge in [-0.1, -0.05) is 0 Å². The summed E-state index contributed by atoms with van der Waals surface area (Å²) in [5.41, 5.74) is 0.534. The number of rotatable bonds is 1. The molecule has 1 heteroatoms. The smallest absolute Gasteiger partial charge is 0.0180 e. The number of fused-ring (bicyclic) bond motifs is 1. The maximum Gasteiger partial charge on any atom is 0.0180 e. The lowest BCUT2D eigenvalue weighted by Gasteiger charge is -2.32. The molecule has 2 fully saturated rings. The summed E-state index contributed by atoms with van der Waals surface area (Å²) in [6.45, 7) is 2.42. The van der Waals surface area contributed by atoms with Gasteiger partial charge < -0.3 is 4.90 Å². The van der Waals surface area contributed by atoms with E-state index in [-0.39, 0.29) is 0 Å². The van der Waals surface area contributed by atoms with Crippen LogP contribution >= 0.6 is 0 Å². The van der Waals surface area contributed by atoms with Crippen molar-refractivity contribution in [3.05, 3.63) is 0 Å². The Morgan fingerprint density at radius 2 is 1.55 bits per heavy atom. The topological polar surface area (TPSA) is 3.24 Å². The molecule has 2 unspecified atom stereocenters. The summed E-state index contributed by atoms with van der Waals surface area (Å²) >= 11 is 0. The minimum atomic E-state index is 0.534. The Kier molecular flexibility index (Phi) is 1.54. The van der Waals surface area contributed by atoms with E-state index in [4.69, 9.17) is 0 Å². The van der Waals surface area contributed by atoms with Crippen LogP contribution in [0.15, 0.2) is 0 Å². The molecule has 11 heavy (non-hydrogen) atoms. The second-order valence-electron chi connectivity index (χ2n) is 4.90. The molecule has 2 aliphatic rings. The Balaban J connectivity index is 2.06. The normalized spacial score (nSPS) is 49.1. The van der Waals surface area contributed by atoms with Gasteiger partial charge in [0.2, 0.25) is 0 Å². The van der Waals surface area contributed by atoms with Crippen molar-refractivity contribution in [2.24, 2.45) is 11.8 Å². The molecular weight excluding hydrogens is 134 g/mol. The molecule has 64 valence electrons. The first-order valence-electron chi connectivity index (χ1n) is 4.79. The number of hydrogen-bond donors (Lipinski definition) is 0. The number of hydrogen-bond acceptors (Lipinski definition) is 1. The summed E-state index contributed by atoms with van der Waals surface area (Å²) in [5.74, 6) is 2.17. The highest BCUT2D eigenvalue weighted by Crippen LogP contribution is 2.52. The molecule has 0 heterocycles. The Labute approximate surface area is 69.8 Å². The van der Waals surface area contributed by atoms with Crippen LogP contribution in [0.3, 0.4) is 0 Å². The molecule has 0 N–H and O–H groups in total. The third kappa shape index (κ3) is 1.01. The van der Waals surface area contributed by atoms with Crippen molar-refractivity contribution in [3.63, 3.8) is 0 Å². The van der Waals surface area contributed by atoms with Crippen LogP contribution in [0, 0.1) is 11.8 Å². The van der Waals surface area contributed by atoms with Gasteiger partial charge in [0.25, 0.3) is 0 Å². The van der Waals surface area contributed by atoms with Crippen molar-refractivity contribution in [3.8, 4) is 0 Å². The molecule has 0 aliphatic heterocycles. The summed E-state index contributed by atoms with van der Waals surface area (Å²) < 4.78 is 0. The quantitative estimate of drug-likeness (QED) is 0.558. The lowest BCUT2D eigenvalue weighted by molar-refractivity contribution is 0.175. The zero-order valence-electron chi connectivity index (χ0n) is 7.93. The average Bonchev–Trinajstić information content (AvgIpc) is 2.13. The lowest BCUT2D eigenvalue weighted by Crippen LogP contribution is -2.38. The fraction of sp³-hybridized carbons (Fsp3) is 1.00. The van der Waals surface area contributed by atoms with Crippen LogP contribution in [0.5, 0.6) is 0 Å². The van der Waals surface area contributed by atoms with Crippen LogP contribution in [0.2, 0.25) is 0 Å². The van der Waals surface area contributed by atoms with Gasteiger partial charge in [-0.3, -0.25) is 0 Å². The minimum absolute atomic E-state index is 0.534. The van der Waals surface area contributed by atoms with Gasteiger partial charge in [-0.05, 0) is 58.5 Å². The SMILES string of the molecule is CN(C)C1(C)CC2CCC2C1. The Morgan fingerprint density at radius 3 is 1.82 bits per heavy atom. The predicted octanol–water partition coefficient (Wildman–Crippen LogP) is 2.13. The average molecular weight is 153 g/mol. The third-order valence-corrected chi connectivity index (χ3v) is 4.06. The largest absolute Gasteiger partial charge is 0.304 e. The van der Waals surface area contributed by atoms with Crippen LogP contribution in [0.4, 0.5) is 0 Å². The molecule has 0 aromatic heterocycles. The van der Waals surface area contributed by atoms with Gasteiger partial charge in [0.05, 0.1) is 0 Å². The summed E-state index contributed by atoms with van der Waals surface area (Å²) in [4.78, 5) is 2.42. The Hall–Kier alpha value is -0.0400. The first-order valence-corrected chi connectivity index (χ1v) is 4.79. The fourth-order valence-electron chi connectivity index (χ4n) is 2.75. The lowest BCUT2D eigenvalue weighted by atomic mass is 9.77. The van der Waals surface area contributed by atoms with Gasteiger partial charge in [0.1, 0.15) is 0 Å². The van der Waals surface area contributed by atoms with Gasteiger partial charge in [-0.2, -0.15) is 0 Å². The van der Waals surface area contributed by atoms with E-state index in [1.54, 1.807) is 0 Å². The zero-order chi connectivity index (χ0) is 8.06. The predicted molar refractivity (Wildman–Crippen MR) is 47.5 cm³/mol. The maximum atomic E-state index is 2.42. The molecule has 0 amide bonds. The van der Waals surface area contributed by atoms with Crippen molar-refractivity contribution >= 4 is 0 Å². The summed E-state index contributed by atoms with van der Waals surface area (Å²) in [7, 11) is 4.45. The van der Waals surface area contributed by atoms with Gasteiger partial charge in [0, 0.05) is 5.54 Å². The highest BCUT2D eigenvalue weighted by Gasteiger charge is 2.47. The minimum Gasteiger partial charge on any atom is -0.304 e. The van der Waals surface area contributed by atoms with Crippen LogP contribution in [-0.4, -0.2) is 24.5 Å². The molecule has 2 rings (SSSR count). The molecule has 0 bridgehead atoms. The van der Waals surface area contributed by atoms with Gasteiger partial charge >= 0.3 is 0 Å². The summed E-state index contributed by atoms with van der Waals surface area (Å²) in [6, 6.07) is 0. The Morgan fingerprint density at radius 1 is 1.09 bits per heavy atom. The van der Waals surface area contributed by atoms with Gasteiger partial charge in [-0.25, -0.2) is 0 Å². The van der Waals surface area contributed by atoms with Crippen LogP contribution in [0.25, 0.3) is 0 Å². The van der Waals surface area contributed by atoms with Crippen molar-refractivity contribution in [2.45, 2.75) is 38.1 Å². The molecule has 0 radical (unpaired) electrons. The van der Waals surface area contributed by atoms with Crippen LogP contribution < -0.4 is 0 Å². The molecule has 0 aromatic rings. The maximum absolute atomic E-state index is 2.42. The van der Waals surface area contributed by atoms with Gasteiger partial charge in [-0.15, -0.1) is 0 Å². The molecule has 2 aliphatic carbocycles. The summed E-state index contributed by atoms with van der Waals surface area (Å²) in [6.07, 6.45) is 5.91. The molecular formula is C10H19N. The van der Waals surface area contributed by atoms with Crippen molar-refractivity contribution < 1.29 is 0 Å². The van der Waals surface area contributed by atoms with E-state index in [9.17, 15) is 0 Å². The standard InChI is InChI=1S/C10H19N/c1-10(11(2)3)6-8-4-5-9(8)7-10/h8-9H,4-7H2,1-3H3. The van der Waals surface area contributed by atoms with E-state index in [0.717, 1.165) is 11.8 Å². The second-order valence-corrected chi connectivity index (χ2v) is 4.90. The monoisotopic (exact) mass is 153 g/mol. The second kappa shape index (κ2) is 2.22. The molecule has 0 spiro atoms. The van der Waals surface area contributed by atoms with Crippen LogP contribution in [0.1, 0.15) is 32.6 Å². The van der Waals surface area contributed by atoms with E-state index in [1.165, 1.54) is 25.7 Å². The first-order chi connectivity index (χ1) is 5.12. The highest BCUT2D eigenvalue weighted by atomic mass is 15.1. The van der Waals surface area contributed by atoms with E-state index in [1.807, 2.05) is 0 Å². The number of nitrogens with zero attached hydrogens (tertiary/aromatic N) is 1. The van der Waals surface area contributed by atoms with E-state index in [2.05, 4.69) is 25.9 Å². The van der Waals surface area contributed by atoms with Crippen molar-refractivity contribution in [1.29, 1.82) is 0 Å². The molecule has 0 aromatic carbocycles. The van der Waals surface area contributed by atoms with Crippen molar-refractivity contribution in [1.82, 2.24) is 4.90 Å². The first kappa shape index (κ1) is 7.60. The molecule has 2 atom stereocenters. The van der Waals surface area contributed by atoms with E-state index < -0.39 is 0 Å². The van der Waals surface area contributed by atoms with Gasteiger partial charge in [0.15, 0.2) is 0 Å². The Bertz CT molecular complexity index is 150. The summed E-state index contributed by atoms with van der Waals surface area (Å²) in [5, 5.41) is 0. The zero-order valence-corrected chi connectivity index (χ0v) is 7.93. The van der Waals surface area contributed by atoms with Crippen LogP contribution in [-0.2, 0) is 0 Å². The van der Waals surface area contributed by atoms with E-state index in [0.29, 0.717) is 5.54 Å². The third-order valence-electron chi connectivity index (χ3n) is 4.06. The van der Waals surface area contributed by atoms with E-state index >= 15 is 0 Å². The highest BCUT2D eigenvalue weighted by molar-refractivity contribution is 5.01. The fourth-order valence-corrected chi connectivity index (χ4v) is 2.75.